The normalized spacial score (nSPS) is 13.8. The molecule has 0 aliphatic carbocycles. The summed E-state index contributed by atoms with van der Waals surface area (Å²) in [6.45, 7) is 2.64. The van der Waals surface area contributed by atoms with E-state index in [1.54, 1.807) is 29.1 Å². The highest BCUT2D eigenvalue weighted by molar-refractivity contribution is 7.92. The van der Waals surface area contributed by atoms with Gasteiger partial charge in [0, 0.05) is 29.9 Å². The molecule has 0 spiro atoms. The molecule has 24 heavy (non-hydrogen) atoms. The molecular formula is C16H15N5O2S. The van der Waals surface area contributed by atoms with Crippen molar-refractivity contribution in [2.45, 2.75) is 31.3 Å². The number of nitrogens with zero attached hydrogens (tertiary/aromatic N) is 3. The van der Waals surface area contributed by atoms with Crippen LogP contribution in [0, 0.1) is 18.3 Å². The summed E-state index contributed by atoms with van der Waals surface area (Å²) in [5.41, 5.74) is 3.35. The first-order valence-electron chi connectivity index (χ1n) is 7.60. The molecule has 0 fully saturated rings. The van der Waals surface area contributed by atoms with Crippen LogP contribution < -0.4 is 4.72 Å². The van der Waals surface area contributed by atoms with Gasteiger partial charge in [0.15, 0.2) is 5.03 Å². The Balaban J connectivity index is 1.77. The molecule has 3 heterocycles. The molecule has 2 aromatic heterocycles. The minimum Gasteiger partial charge on any atom is -0.358 e. The van der Waals surface area contributed by atoms with Gasteiger partial charge in [0.05, 0.1) is 16.8 Å². The van der Waals surface area contributed by atoms with E-state index in [-0.39, 0.29) is 5.03 Å². The largest absolute Gasteiger partial charge is 0.358 e. The summed E-state index contributed by atoms with van der Waals surface area (Å²) >= 11 is 0. The highest BCUT2D eigenvalue weighted by atomic mass is 32.2. The van der Waals surface area contributed by atoms with Crippen molar-refractivity contribution in [2.75, 3.05) is 4.72 Å². The van der Waals surface area contributed by atoms with Gasteiger partial charge < -0.3 is 4.98 Å². The third-order valence-electron chi connectivity index (χ3n) is 4.33. The minimum absolute atomic E-state index is 0.0259. The van der Waals surface area contributed by atoms with E-state index in [1.165, 1.54) is 0 Å². The predicted octanol–water partition coefficient (Wildman–Crippen LogP) is 2.29. The first-order valence-corrected chi connectivity index (χ1v) is 9.08. The molecule has 0 amide bonds. The van der Waals surface area contributed by atoms with Gasteiger partial charge in [0.25, 0.3) is 10.0 Å². The number of sulfonamides is 1. The van der Waals surface area contributed by atoms with E-state index in [0.29, 0.717) is 16.8 Å². The van der Waals surface area contributed by atoms with Crippen LogP contribution >= 0.6 is 0 Å². The molecule has 122 valence electrons. The smallest absolute Gasteiger partial charge is 0.281 e. The maximum Gasteiger partial charge on any atom is 0.281 e. The number of anilines is 1. The summed E-state index contributed by atoms with van der Waals surface area (Å²) in [4.78, 5) is 2.99. The second-order valence-electron chi connectivity index (χ2n) is 5.90. The highest BCUT2D eigenvalue weighted by Gasteiger charge is 2.24. The Morgan fingerprint density at radius 1 is 1.42 bits per heavy atom. The molecule has 0 unspecified atom stereocenters. The predicted molar refractivity (Wildman–Crippen MR) is 89.1 cm³/mol. The van der Waals surface area contributed by atoms with Crippen LogP contribution in [0.5, 0.6) is 0 Å². The number of nitriles is 1. The molecule has 0 saturated heterocycles. The Hall–Kier alpha value is -2.79. The lowest BCUT2D eigenvalue weighted by Crippen LogP contribution is -2.14. The lowest BCUT2D eigenvalue weighted by Gasteiger charge is -2.08. The number of benzene rings is 1. The van der Waals surface area contributed by atoms with E-state index in [4.69, 9.17) is 0 Å². The summed E-state index contributed by atoms with van der Waals surface area (Å²) in [7, 11) is -3.78. The standard InChI is InChI=1S/C16H15N5O2S/c1-10-4-5-13(16-15(10)11(8-17)9-18-16)20-24(22,23)14-7-12-3-2-6-21(12)19-14/h4-5,7,9,18,20H,2-3,6H2,1H3. The molecule has 0 bridgehead atoms. The van der Waals surface area contributed by atoms with Crippen LogP contribution in [0.2, 0.25) is 0 Å². The van der Waals surface area contributed by atoms with Gasteiger partial charge in [-0.15, -0.1) is 0 Å². The third kappa shape index (κ3) is 2.17. The van der Waals surface area contributed by atoms with E-state index >= 15 is 0 Å². The summed E-state index contributed by atoms with van der Waals surface area (Å²) in [6, 6.07) is 7.22. The highest BCUT2D eigenvalue weighted by Crippen LogP contribution is 2.30. The fourth-order valence-electron chi connectivity index (χ4n) is 3.16. The SMILES string of the molecule is Cc1ccc(NS(=O)(=O)c2cc3n(n2)CCC3)c2[nH]cc(C#N)c12. The molecule has 4 rings (SSSR count). The van der Waals surface area contributed by atoms with E-state index in [9.17, 15) is 13.7 Å². The maximum absolute atomic E-state index is 12.6. The number of nitrogens with one attached hydrogen (secondary N) is 2. The Bertz CT molecular complexity index is 1080. The monoisotopic (exact) mass is 341 g/mol. The molecule has 8 heteroatoms. The van der Waals surface area contributed by atoms with Crippen molar-refractivity contribution in [3.63, 3.8) is 0 Å². The van der Waals surface area contributed by atoms with Gasteiger partial charge in [-0.05, 0) is 31.4 Å². The zero-order chi connectivity index (χ0) is 16.9. The van der Waals surface area contributed by atoms with Crippen LogP contribution in [-0.4, -0.2) is 23.2 Å². The summed E-state index contributed by atoms with van der Waals surface area (Å²) in [5, 5.41) is 14.1. The summed E-state index contributed by atoms with van der Waals surface area (Å²) in [6.07, 6.45) is 3.42. The fraction of sp³-hybridized carbons (Fsp3) is 0.250. The van der Waals surface area contributed by atoms with Crippen molar-refractivity contribution in [3.05, 3.63) is 41.2 Å². The second-order valence-corrected chi connectivity index (χ2v) is 7.53. The van der Waals surface area contributed by atoms with E-state index < -0.39 is 10.0 Å². The van der Waals surface area contributed by atoms with Crippen LogP contribution in [0.25, 0.3) is 10.9 Å². The number of aryl methyl sites for hydroxylation is 3. The zero-order valence-corrected chi connectivity index (χ0v) is 13.8. The van der Waals surface area contributed by atoms with Crippen LogP contribution in [-0.2, 0) is 23.0 Å². The molecule has 2 N–H and O–H groups in total. The number of rotatable bonds is 3. The first kappa shape index (κ1) is 14.8. The molecule has 0 atom stereocenters. The average molecular weight is 341 g/mol. The van der Waals surface area contributed by atoms with Crippen molar-refractivity contribution in [2.24, 2.45) is 0 Å². The number of hydrogen-bond acceptors (Lipinski definition) is 4. The van der Waals surface area contributed by atoms with Crippen molar-refractivity contribution in [1.82, 2.24) is 14.8 Å². The molecule has 1 aliphatic heterocycles. The van der Waals surface area contributed by atoms with E-state index in [1.807, 2.05) is 6.92 Å². The summed E-state index contributed by atoms with van der Waals surface area (Å²) < 4.78 is 29.6. The number of hydrogen-bond donors (Lipinski definition) is 2. The Kier molecular flexibility index (Phi) is 3.15. The lowest BCUT2D eigenvalue weighted by atomic mass is 10.1. The average Bonchev–Trinajstić information content (AvgIpc) is 3.22. The van der Waals surface area contributed by atoms with E-state index in [2.05, 4.69) is 20.9 Å². The number of aromatic nitrogens is 3. The number of aromatic amines is 1. The molecule has 7 nitrogen and oxygen atoms in total. The topological polar surface area (TPSA) is 104 Å². The second kappa shape index (κ2) is 5.11. The van der Waals surface area contributed by atoms with Crippen molar-refractivity contribution >= 4 is 26.6 Å². The van der Waals surface area contributed by atoms with Crippen LogP contribution in [0.1, 0.15) is 23.2 Å². The van der Waals surface area contributed by atoms with Crippen LogP contribution in [0.4, 0.5) is 5.69 Å². The van der Waals surface area contributed by atoms with Crippen molar-refractivity contribution in [1.29, 1.82) is 5.26 Å². The number of fused-ring (bicyclic) bond motifs is 2. The lowest BCUT2D eigenvalue weighted by molar-refractivity contribution is 0.585. The quantitative estimate of drug-likeness (QED) is 0.762. The van der Waals surface area contributed by atoms with E-state index in [0.717, 1.165) is 36.0 Å². The molecule has 0 saturated carbocycles. The Morgan fingerprint density at radius 3 is 3.00 bits per heavy atom. The third-order valence-corrected chi connectivity index (χ3v) is 5.57. The van der Waals surface area contributed by atoms with Crippen molar-refractivity contribution in [3.8, 4) is 6.07 Å². The van der Waals surface area contributed by atoms with Crippen molar-refractivity contribution < 1.29 is 8.42 Å². The Labute approximate surface area is 139 Å². The van der Waals surface area contributed by atoms with Gasteiger partial charge in [-0.3, -0.25) is 9.40 Å². The Morgan fingerprint density at radius 2 is 2.25 bits per heavy atom. The van der Waals surface area contributed by atoms with Gasteiger partial charge in [-0.1, -0.05) is 6.07 Å². The van der Waals surface area contributed by atoms with Gasteiger partial charge in [-0.2, -0.15) is 18.8 Å². The maximum atomic E-state index is 12.6. The van der Waals surface area contributed by atoms with Gasteiger partial charge >= 0.3 is 0 Å². The number of H-pyrrole nitrogens is 1. The van der Waals surface area contributed by atoms with Crippen LogP contribution in [0.15, 0.2) is 29.4 Å². The fourth-order valence-corrected chi connectivity index (χ4v) is 4.22. The molecule has 3 aromatic rings. The van der Waals surface area contributed by atoms with Gasteiger partial charge in [0.1, 0.15) is 6.07 Å². The molecule has 1 aromatic carbocycles. The minimum atomic E-state index is -3.78. The molecule has 1 aliphatic rings. The summed E-state index contributed by atoms with van der Waals surface area (Å²) in [5.74, 6) is 0. The van der Waals surface area contributed by atoms with Gasteiger partial charge in [0.2, 0.25) is 0 Å². The van der Waals surface area contributed by atoms with Crippen LogP contribution in [0.3, 0.4) is 0 Å². The molecule has 0 radical (unpaired) electrons. The first-order chi connectivity index (χ1) is 11.5. The zero-order valence-electron chi connectivity index (χ0n) is 13.0. The molecular weight excluding hydrogens is 326 g/mol. The van der Waals surface area contributed by atoms with Gasteiger partial charge in [-0.25, -0.2) is 0 Å².